The van der Waals surface area contributed by atoms with Crippen LogP contribution >= 0.6 is 21.0 Å². The van der Waals surface area contributed by atoms with Crippen LogP contribution in [-0.2, 0) is 0 Å². The van der Waals surface area contributed by atoms with E-state index in [1.807, 2.05) is 0 Å². The maximum atomic E-state index is 6.85. The normalized spacial score (nSPS) is 9.86. The van der Waals surface area contributed by atoms with Crippen molar-refractivity contribution in [2.75, 3.05) is 0 Å². The highest BCUT2D eigenvalue weighted by atomic mass is 127. The average molecular weight is 210 g/mol. The third kappa shape index (κ3) is 5.94. The van der Waals surface area contributed by atoms with Crippen LogP contribution in [0.2, 0.25) is 0 Å². The molecule has 0 aliphatic rings. The lowest BCUT2D eigenvalue weighted by Crippen LogP contribution is -1.73. The van der Waals surface area contributed by atoms with Gasteiger partial charge in [-0.2, -0.15) is 0 Å². The van der Waals surface area contributed by atoms with E-state index in [0.717, 1.165) is 0 Å². The Morgan fingerprint density at radius 1 is 1.71 bits per heavy atom. The van der Waals surface area contributed by atoms with E-state index in [1.165, 1.54) is 0 Å². The first-order chi connectivity index (χ1) is 3.27. The minimum atomic E-state index is -0.498. The van der Waals surface area contributed by atoms with Gasteiger partial charge in [0.25, 0.3) is 0 Å². The fourth-order valence-corrected chi connectivity index (χ4v) is 0.845. The summed E-state index contributed by atoms with van der Waals surface area (Å²) in [6.45, 7) is 1.70. The molecule has 0 bridgehead atoms. The highest BCUT2D eigenvalue weighted by Crippen LogP contribution is 1.93. The molecule has 0 unspecified atom stereocenters. The molecule has 0 rings (SSSR count). The smallest absolute Gasteiger partial charge is 0.0287 e. The SMILES string of the molecule is CC(=N)/C=C\I=N. The van der Waals surface area contributed by atoms with Crippen LogP contribution in [0.15, 0.2) is 10.2 Å². The molecule has 2 N–H and O–H groups in total. The zero-order valence-electron chi connectivity index (χ0n) is 4.03. The monoisotopic (exact) mass is 210 g/mol. The van der Waals surface area contributed by atoms with Crippen molar-refractivity contribution in [2.45, 2.75) is 6.92 Å². The standard InChI is InChI=1S/C4H7IN2/c1-4(6)2-3-5-7/h2-3,6-7H,1H3/b3-2-,6-4?. The lowest BCUT2D eigenvalue weighted by atomic mass is 10.4. The molecular formula is C4H7IN2. The van der Waals surface area contributed by atoms with Gasteiger partial charge in [-0.1, -0.05) is 0 Å². The van der Waals surface area contributed by atoms with Crippen LogP contribution in [0.3, 0.4) is 0 Å². The molecular weight excluding hydrogens is 203 g/mol. The maximum absolute atomic E-state index is 6.85. The Bertz CT molecular complexity index is 106. The van der Waals surface area contributed by atoms with Crippen molar-refractivity contribution < 1.29 is 0 Å². The van der Waals surface area contributed by atoms with Crippen molar-refractivity contribution in [2.24, 2.45) is 0 Å². The van der Waals surface area contributed by atoms with Gasteiger partial charge in [-0.05, 0) is 17.1 Å². The zero-order chi connectivity index (χ0) is 5.70. The van der Waals surface area contributed by atoms with Gasteiger partial charge in [0.2, 0.25) is 0 Å². The van der Waals surface area contributed by atoms with E-state index in [-0.39, 0.29) is 0 Å². The quantitative estimate of drug-likeness (QED) is 0.518. The molecule has 7 heavy (non-hydrogen) atoms. The molecule has 0 aliphatic heterocycles. The number of hydrogen-bond donors (Lipinski definition) is 2. The summed E-state index contributed by atoms with van der Waals surface area (Å²) in [6, 6.07) is 0. The minimum Gasteiger partial charge on any atom is -0.306 e. The van der Waals surface area contributed by atoms with Gasteiger partial charge < -0.3 is 5.41 Å². The molecule has 0 atom stereocenters. The van der Waals surface area contributed by atoms with Crippen LogP contribution in [0.5, 0.6) is 0 Å². The fraction of sp³-hybridized carbons (Fsp3) is 0.250. The van der Waals surface area contributed by atoms with E-state index >= 15 is 0 Å². The topological polar surface area (TPSA) is 47.7 Å². The molecule has 0 saturated heterocycles. The Labute approximate surface area is 53.1 Å². The molecule has 0 aliphatic carbocycles. The molecule has 0 aromatic heterocycles. The number of nitrogens with one attached hydrogen (secondary N) is 2. The largest absolute Gasteiger partial charge is 0.306 e. The number of rotatable bonds is 2. The van der Waals surface area contributed by atoms with Gasteiger partial charge in [-0.25, -0.2) is 0 Å². The van der Waals surface area contributed by atoms with Crippen LogP contribution in [-0.4, -0.2) is 5.71 Å². The van der Waals surface area contributed by atoms with Gasteiger partial charge >= 0.3 is 0 Å². The van der Waals surface area contributed by atoms with E-state index < -0.39 is 21.0 Å². The van der Waals surface area contributed by atoms with Crippen LogP contribution in [0.25, 0.3) is 0 Å². The lowest BCUT2D eigenvalue weighted by Gasteiger charge is -1.73. The van der Waals surface area contributed by atoms with Crippen molar-refractivity contribution in [3.63, 3.8) is 0 Å². The second-order valence-corrected chi connectivity index (χ2v) is 2.43. The van der Waals surface area contributed by atoms with E-state index in [4.69, 9.17) is 8.97 Å². The van der Waals surface area contributed by atoms with E-state index in [1.54, 1.807) is 17.1 Å². The van der Waals surface area contributed by atoms with E-state index in [9.17, 15) is 0 Å². The molecule has 0 aromatic rings. The first-order valence-electron chi connectivity index (χ1n) is 1.78. The maximum Gasteiger partial charge on any atom is 0.0287 e. The van der Waals surface area contributed by atoms with Gasteiger partial charge in [0.1, 0.15) is 0 Å². The van der Waals surface area contributed by atoms with Crippen LogP contribution in [0.4, 0.5) is 0 Å². The van der Waals surface area contributed by atoms with E-state index in [2.05, 4.69) is 0 Å². The van der Waals surface area contributed by atoms with E-state index in [0.29, 0.717) is 5.71 Å². The molecule has 0 aromatic carbocycles. The predicted octanol–water partition coefficient (Wildman–Crippen LogP) is 2.27. The lowest BCUT2D eigenvalue weighted by molar-refractivity contribution is 1.50. The Morgan fingerprint density at radius 3 is 2.43 bits per heavy atom. The summed E-state index contributed by atoms with van der Waals surface area (Å²) in [4.78, 5) is 0. The second-order valence-electron chi connectivity index (χ2n) is 1.08. The summed E-state index contributed by atoms with van der Waals surface area (Å²) in [5.74, 6) is 0. The molecule has 0 saturated carbocycles. The summed E-state index contributed by atoms with van der Waals surface area (Å²) in [5, 5.41) is 6.85. The third-order valence-corrected chi connectivity index (χ3v) is 1.10. The average Bonchev–Trinajstić information content (AvgIpc) is 1.61. The van der Waals surface area contributed by atoms with Gasteiger partial charge in [0, 0.05) is 26.7 Å². The Morgan fingerprint density at radius 2 is 2.29 bits per heavy atom. The Kier molecular flexibility index (Phi) is 4.07. The van der Waals surface area contributed by atoms with Gasteiger partial charge in [0.05, 0.1) is 0 Å². The number of halogens is 1. The van der Waals surface area contributed by atoms with Gasteiger partial charge in [0.15, 0.2) is 0 Å². The Hall–Kier alpha value is -0.0600. The predicted molar refractivity (Wildman–Crippen MR) is 39.3 cm³/mol. The third-order valence-electron chi connectivity index (χ3n) is 0.376. The molecule has 0 heterocycles. The van der Waals surface area contributed by atoms with Crippen molar-refractivity contribution in [1.82, 2.24) is 0 Å². The van der Waals surface area contributed by atoms with Crippen LogP contribution < -0.4 is 0 Å². The molecule has 40 valence electrons. The molecule has 0 amide bonds. The molecule has 2 nitrogen and oxygen atoms in total. The summed E-state index contributed by atoms with van der Waals surface area (Å²) in [7, 11) is 0. The minimum absolute atomic E-state index is 0.498. The van der Waals surface area contributed by atoms with Crippen LogP contribution in [0.1, 0.15) is 6.92 Å². The number of allylic oxidation sites excluding steroid dienone is 1. The van der Waals surface area contributed by atoms with Crippen molar-refractivity contribution >= 4 is 26.7 Å². The van der Waals surface area contributed by atoms with Gasteiger partial charge in [-0.15, -0.1) is 0 Å². The number of hydrogen-bond acceptors (Lipinski definition) is 2. The first kappa shape index (κ1) is 6.94. The van der Waals surface area contributed by atoms with Crippen LogP contribution in [0, 0.1) is 8.97 Å². The molecule has 0 fully saturated rings. The zero-order valence-corrected chi connectivity index (χ0v) is 6.19. The van der Waals surface area contributed by atoms with Crippen molar-refractivity contribution in [3.8, 4) is 0 Å². The first-order valence-corrected chi connectivity index (χ1v) is 4.10. The summed E-state index contributed by atoms with van der Waals surface area (Å²) in [5.41, 5.74) is 0.534. The highest BCUT2D eigenvalue weighted by Gasteiger charge is 1.69. The van der Waals surface area contributed by atoms with Crippen molar-refractivity contribution in [1.29, 1.82) is 8.97 Å². The summed E-state index contributed by atoms with van der Waals surface area (Å²) >= 11 is -0.498. The second kappa shape index (κ2) is 4.11. The molecule has 0 radical (unpaired) electrons. The fourth-order valence-electron chi connectivity index (χ4n) is 0.126. The summed E-state index contributed by atoms with van der Waals surface area (Å²) in [6.07, 6.45) is 1.67. The summed E-state index contributed by atoms with van der Waals surface area (Å²) < 4.78 is 8.47. The molecule has 0 spiro atoms. The van der Waals surface area contributed by atoms with Gasteiger partial charge in [-0.3, -0.25) is 3.56 Å². The molecule has 3 heteroatoms. The Balaban J connectivity index is 3.46. The van der Waals surface area contributed by atoms with Crippen molar-refractivity contribution in [3.05, 3.63) is 10.2 Å². The highest BCUT2D eigenvalue weighted by molar-refractivity contribution is 14.2.